The third-order valence-electron chi connectivity index (χ3n) is 5.64. The van der Waals surface area contributed by atoms with Crippen molar-refractivity contribution in [2.45, 2.75) is 20.8 Å². The minimum atomic E-state index is -0.409. The molecular weight excluding hydrogens is 416 g/mol. The van der Waals surface area contributed by atoms with Gasteiger partial charge in [-0.2, -0.15) is 0 Å². The van der Waals surface area contributed by atoms with Crippen LogP contribution in [-0.4, -0.2) is 25.5 Å². The Morgan fingerprint density at radius 3 is 2.09 bits per heavy atom. The summed E-state index contributed by atoms with van der Waals surface area (Å²) in [5.41, 5.74) is 4.65. The molecule has 0 radical (unpaired) electrons. The summed E-state index contributed by atoms with van der Waals surface area (Å²) in [5, 5.41) is 3.21. The Morgan fingerprint density at radius 1 is 0.818 bits per heavy atom. The highest BCUT2D eigenvalue weighted by atomic mass is 16.5. The van der Waals surface area contributed by atoms with Crippen LogP contribution in [0.2, 0.25) is 0 Å². The molecule has 0 spiro atoms. The maximum Gasteiger partial charge on any atom is 0.282 e. The van der Waals surface area contributed by atoms with Crippen molar-refractivity contribution in [1.82, 2.24) is 0 Å². The molecule has 4 rings (SSSR count). The SMILES string of the molecule is CCOc1ccc(N2C(=O)C(Nc3ccc(C)c(C)c3)=C(c3ccc(OC)cc3)C2=O)cc1. The highest BCUT2D eigenvalue weighted by Crippen LogP contribution is 2.35. The molecule has 1 heterocycles. The zero-order chi connectivity index (χ0) is 23.5. The number of carbonyl (C=O) groups excluding carboxylic acids is 2. The molecule has 0 fully saturated rings. The van der Waals surface area contributed by atoms with E-state index in [2.05, 4.69) is 5.32 Å². The fourth-order valence-corrected chi connectivity index (χ4v) is 3.73. The second kappa shape index (κ2) is 9.20. The van der Waals surface area contributed by atoms with E-state index >= 15 is 0 Å². The van der Waals surface area contributed by atoms with Gasteiger partial charge >= 0.3 is 0 Å². The van der Waals surface area contributed by atoms with Gasteiger partial charge in [0.2, 0.25) is 0 Å². The van der Waals surface area contributed by atoms with Crippen molar-refractivity contribution in [2.24, 2.45) is 0 Å². The van der Waals surface area contributed by atoms with Crippen molar-refractivity contribution >= 4 is 28.8 Å². The van der Waals surface area contributed by atoms with Gasteiger partial charge in [0.1, 0.15) is 17.2 Å². The van der Waals surface area contributed by atoms with Crippen LogP contribution < -0.4 is 19.7 Å². The Morgan fingerprint density at radius 2 is 1.48 bits per heavy atom. The Labute approximate surface area is 193 Å². The molecular formula is C27H26N2O4. The van der Waals surface area contributed by atoms with E-state index in [1.807, 2.05) is 39.0 Å². The summed E-state index contributed by atoms with van der Waals surface area (Å²) in [4.78, 5) is 28.3. The lowest BCUT2D eigenvalue weighted by molar-refractivity contribution is -0.120. The Bertz CT molecular complexity index is 1230. The first-order chi connectivity index (χ1) is 15.9. The van der Waals surface area contributed by atoms with Crippen molar-refractivity contribution in [2.75, 3.05) is 23.9 Å². The predicted molar refractivity (Wildman–Crippen MR) is 130 cm³/mol. The molecule has 3 aromatic rings. The molecule has 2 amide bonds. The van der Waals surface area contributed by atoms with Gasteiger partial charge in [-0.25, -0.2) is 4.90 Å². The van der Waals surface area contributed by atoms with Gasteiger partial charge in [0, 0.05) is 5.69 Å². The lowest BCUT2D eigenvalue weighted by Crippen LogP contribution is -2.32. The predicted octanol–water partition coefficient (Wildman–Crippen LogP) is 5.11. The van der Waals surface area contributed by atoms with E-state index < -0.39 is 5.91 Å². The van der Waals surface area contributed by atoms with Crippen LogP contribution in [0.5, 0.6) is 11.5 Å². The van der Waals surface area contributed by atoms with Crippen LogP contribution in [0.3, 0.4) is 0 Å². The second-order valence-electron chi connectivity index (χ2n) is 7.78. The van der Waals surface area contributed by atoms with E-state index in [1.165, 1.54) is 4.90 Å². The van der Waals surface area contributed by atoms with Gasteiger partial charge in [-0.1, -0.05) is 18.2 Å². The first-order valence-electron chi connectivity index (χ1n) is 10.8. The van der Waals surface area contributed by atoms with Gasteiger partial charge in [-0.05, 0) is 86.0 Å². The molecule has 3 aromatic carbocycles. The molecule has 6 nitrogen and oxygen atoms in total. The van der Waals surface area contributed by atoms with Crippen molar-refractivity contribution in [3.8, 4) is 11.5 Å². The molecule has 33 heavy (non-hydrogen) atoms. The van der Waals surface area contributed by atoms with Gasteiger partial charge in [-0.3, -0.25) is 9.59 Å². The number of nitrogens with zero attached hydrogens (tertiary/aromatic N) is 1. The number of benzene rings is 3. The number of methoxy groups -OCH3 is 1. The van der Waals surface area contributed by atoms with Crippen LogP contribution in [0.25, 0.3) is 5.57 Å². The highest BCUT2D eigenvalue weighted by molar-refractivity contribution is 6.46. The van der Waals surface area contributed by atoms with Gasteiger partial charge in [0.25, 0.3) is 11.8 Å². The quantitative estimate of drug-likeness (QED) is 0.515. The molecule has 0 aromatic heterocycles. The fraction of sp³-hybridized carbons (Fsp3) is 0.185. The second-order valence-corrected chi connectivity index (χ2v) is 7.78. The first kappa shape index (κ1) is 22.1. The lowest BCUT2D eigenvalue weighted by atomic mass is 10.0. The van der Waals surface area contributed by atoms with E-state index in [4.69, 9.17) is 9.47 Å². The number of rotatable bonds is 7. The smallest absolute Gasteiger partial charge is 0.282 e. The maximum absolute atomic E-state index is 13.5. The molecule has 6 heteroatoms. The van der Waals surface area contributed by atoms with Crippen LogP contribution in [-0.2, 0) is 9.59 Å². The average molecular weight is 443 g/mol. The number of nitrogens with one attached hydrogen (secondary N) is 1. The first-order valence-corrected chi connectivity index (χ1v) is 10.8. The minimum Gasteiger partial charge on any atom is -0.497 e. The Kier molecular flexibility index (Phi) is 6.18. The molecule has 168 valence electrons. The van der Waals surface area contributed by atoms with E-state index in [0.717, 1.165) is 16.8 Å². The largest absolute Gasteiger partial charge is 0.497 e. The summed E-state index contributed by atoms with van der Waals surface area (Å²) in [7, 11) is 1.58. The summed E-state index contributed by atoms with van der Waals surface area (Å²) in [6.07, 6.45) is 0. The number of hydrogen-bond donors (Lipinski definition) is 1. The van der Waals surface area contributed by atoms with Gasteiger partial charge in [-0.15, -0.1) is 0 Å². The highest BCUT2D eigenvalue weighted by Gasteiger charge is 2.40. The van der Waals surface area contributed by atoms with E-state index in [0.29, 0.717) is 34.9 Å². The molecule has 0 aliphatic carbocycles. The average Bonchev–Trinajstić information content (AvgIpc) is 3.06. The topological polar surface area (TPSA) is 67.9 Å². The van der Waals surface area contributed by atoms with Gasteiger partial charge in [0.15, 0.2) is 0 Å². The number of hydrogen-bond acceptors (Lipinski definition) is 5. The zero-order valence-corrected chi connectivity index (χ0v) is 19.1. The fourth-order valence-electron chi connectivity index (χ4n) is 3.73. The summed E-state index contributed by atoms with van der Waals surface area (Å²) in [5.74, 6) is 0.550. The third kappa shape index (κ3) is 4.32. The van der Waals surface area contributed by atoms with Crippen LogP contribution in [0.15, 0.2) is 72.4 Å². The van der Waals surface area contributed by atoms with Crippen molar-refractivity contribution in [3.05, 3.63) is 89.1 Å². The number of imide groups is 1. The third-order valence-corrected chi connectivity index (χ3v) is 5.64. The summed E-state index contributed by atoms with van der Waals surface area (Å²) >= 11 is 0. The van der Waals surface area contributed by atoms with Crippen molar-refractivity contribution < 1.29 is 19.1 Å². The van der Waals surface area contributed by atoms with Gasteiger partial charge in [0.05, 0.1) is 25.0 Å². The lowest BCUT2D eigenvalue weighted by Gasteiger charge is -2.16. The van der Waals surface area contributed by atoms with Crippen LogP contribution in [0, 0.1) is 13.8 Å². The monoisotopic (exact) mass is 442 g/mol. The van der Waals surface area contributed by atoms with Gasteiger partial charge < -0.3 is 14.8 Å². The molecule has 0 saturated heterocycles. The van der Waals surface area contributed by atoms with E-state index in [1.54, 1.807) is 55.6 Å². The molecule has 0 atom stereocenters. The Balaban J connectivity index is 1.77. The number of carbonyl (C=O) groups is 2. The summed E-state index contributed by atoms with van der Waals surface area (Å²) < 4.78 is 10.7. The maximum atomic E-state index is 13.5. The molecule has 1 aliphatic heterocycles. The van der Waals surface area contributed by atoms with Crippen LogP contribution >= 0.6 is 0 Å². The molecule has 1 aliphatic rings. The number of anilines is 2. The Hall–Kier alpha value is -4.06. The minimum absolute atomic E-state index is 0.238. The van der Waals surface area contributed by atoms with Crippen molar-refractivity contribution in [3.63, 3.8) is 0 Å². The standard InChI is InChI=1S/C27H26N2O4/c1-5-33-23-14-10-21(11-15-23)29-26(30)24(19-7-12-22(32-4)13-8-19)25(27(29)31)28-20-9-6-17(2)18(3)16-20/h6-16,28H,5H2,1-4H3. The molecule has 0 bridgehead atoms. The number of aryl methyl sites for hydroxylation is 2. The van der Waals surface area contributed by atoms with Crippen LogP contribution in [0.1, 0.15) is 23.6 Å². The van der Waals surface area contributed by atoms with Crippen molar-refractivity contribution in [1.29, 1.82) is 0 Å². The van der Waals surface area contributed by atoms with E-state index in [9.17, 15) is 9.59 Å². The number of ether oxygens (including phenoxy) is 2. The summed E-state index contributed by atoms with van der Waals surface area (Å²) in [6.45, 7) is 6.47. The molecule has 0 unspecified atom stereocenters. The molecule has 1 N–H and O–H groups in total. The summed E-state index contributed by atoms with van der Waals surface area (Å²) in [6, 6.07) is 19.9. The number of amides is 2. The normalized spacial score (nSPS) is 13.5. The van der Waals surface area contributed by atoms with E-state index in [-0.39, 0.29) is 11.6 Å². The zero-order valence-electron chi connectivity index (χ0n) is 19.1. The van der Waals surface area contributed by atoms with Crippen LogP contribution in [0.4, 0.5) is 11.4 Å². The molecule has 0 saturated carbocycles.